The van der Waals surface area contributed by atoms with Gasteiger partial charge in [-0.1, -0.05) is 17.7 Å². The van der Waals surface area contributed by atoms with Gasteiger partial charge in [0, 0.05) is 24.7 Å². The Morgan fingerprint density at radius 1 is 0.955 bits per heavy atom. The molecule has 1 fully saturated rings. The van der Waals surface area contributed by atoms with Crippen molar-refractivity contribution in [2.24, 2.45) is 0 Å². The molecule has 0 spiro atoms. The molecule has 0 atom stereocenters. The third kappa shape index (κ3) is 6.17. The number of hydrogen-bond acceptors (Lipinski definition) is 9. The molecule has 12 nitrogen and oxygen atoms in total. The van der Waals surface area contributed by atoms with Gasteiger partial charge in [-0.05, 0) is 62.2 Å². The summed E-state index contributed by atoms with van der Waals surface area (Å²) in [4.78, 5) is 36.8. The first kappa shape index (κ1) is 29.0. The van der Waals surface area contributed by atoms with Gasteiger partial charge in [0.1, 0.15) is 29.8 Å². The van der Waals surface area contributed by atoms with E-state index in [1.165, 1.54) is 23.3 Å². The number of carbonyl (C=O) groups excluding carboxylic acids is 1. The Morgan fingerprint density at radius 2 is 1.68 bits per heavy atom. The van der Waals surface area contributed by atoms with Crippen LogP contribution in [-0.4, -0.2) is 77.2 Å². The number of rotatable bonds is 9. The van der Waals surface area contributed by atoms with Gasteiger partial charge in [0.15, 0.2) is 5.65 Å². The zero-order valence-electron chi connectivity index (χ0n) is 24.2. The van der Waals surface area contributed by atoms with Crippen molar-refractivity contribution in [1.29, 1.82) is 0 Å². The van der Waals surface area contributed by atoms with Crippen molar-refractivity contribution in [3.63, 3.8) is 0 Å². The van der Waals surface area contributed by atoms with E-state index >= 15 is 0 Å². The molecule has 0 saturated carbocycles. The van der Waals surface area contributed by atoms with Crippen LogP contribution in [-0.2, 0) is 6.54 Å². The summed E-state index contributed by atoms with van der Waals surface area (Å²) in [6.45, 7) is 2.86. The Balaban J connectivity index is 1.06. The van der Waals surface area contributed by atoms with Crippen molar-refractivity contribution >= 4 is 16.9 Å². The number of hydrogen-bond donors (Lipinski definition) is 2. The maximum Gasteiger partial charge on any atom is 0.264 e. The second kappa shape index (κ2) is 12.3. The van der Waals surface area contributed by atoms with Gasteiger partial charge in [0.25, 0.3) is 11.5 Å². The van der Waals surface area contributed by atoms with Gasteiger partial charge in [-0.3, -0.25) is 14.2 Å². The van der Waals surface area contributed by atoms with Gasteiger partial charge in [-0.25, -0.2) is 14.6 Å². The van der Waals surface area contributed by atoms with Crippen molar-refractivity contribution in [3.8, 4) is 23.1 Å². The third-order valence-electron chi connectivity index (χ3n) is 7.67. The number of ether oxygens (including phenoxy) is 2. The number of piperidine rings is 1. The highest BCUT2D eigenvalue weighted by Crippen LogP contribution is 2.27. The third-order valence-corrected chi connectivity index (χ3v) is 7.67. The van der Waals surface area contributed by atoms with E-state index in [-0.39, 0.29) is 31.2 Å². The number of aliphatic hydroxyl groups excluding tert-OH is 1. The van der Waals surface area contributed by atoms with Gasteiger partial charge < -0.3 is 24.6 Å². The minimum absolute atomic E-state index is 0.0706. The Labute approximate surface area is 252 Å². The van der Waals surface area contributed by atoms with E-state index in [0.29, 0.717) is 59.9 Å². The molecular formula is C32H32N6O6. The molecule has 0 unspecified atom stereocenters. The maximum atomic E-state index is 13.3. The van der Waals surface area contributed by atoms with E-state index < -0.39 is 5.60 Å². The van der Waals surface area contributed by atoms with Crippen molar-refractivity contribution in [2.45, 2.75) is 31.9 Å². The number of fused-ring (bicyclic) bond motifs is 1. The largest absolute Gasteiger partial charge is 0.490 e. The van der Waals surface area contributed by atoms with Crippen LogP contribution in [0.4, 0.5) is 0 Å². The van der Waals surface area contributed by atoms with Gasteiger partial charge in [0.05, 0.1) is 36.8 Å². The number of carbonyl (C=O) groups is 1. The van der Waals surface area contributed by atoms with Gasteiger partial charge in [-0.15, -0.1) is 0 Å². The van der Waals surface area contributed by atoms with Crippen LogP contribution < -0.4 is 15.0 Å². The van der Waals surface area contributed by atoms with Crippen molar-refractivity contribution in [1.82, 2.24) is 29.2 Å². The fraction of sp³-hybridized carbons (Fsp3) is 0.281. The first-order valence-corrected chi connectivity index (χ1v) is 14.3. The van der Waals surface area contributed by atoms with Crippen LogP contribution in [0, 0.1) is 6.92 Å². The van der Waals surface area contributed by atoms with Gasteiger partial charge >= 0.3 is 0 Å². The number of nitrogens with zero attached hydrogens (tertiary/aromatic N) is 6. The lowest BCUT2D eigenvalue weighted by atomic mass is 9.91. The average Bonchev–Trinajstić information content (AvgIpc) is 3.48. The van der Waals surface area contributed by atoms with E-state index in [1.807, 2.05) is 31.2 Å². The molecule has 0 bridgehead atoms. The molecule has 5 aromatic rings. The maximum absolute atomic E-state index is 13.3. The first-order chi connectivity index (χ1) is 21.3. The van der Waals surface area contributed by atoms with Crippen molar-refractivity contribution in [2.75, 3.05) is 26.3 Å². The minimum atomic E-state index is -1.16. The van der Waals surface area contributed by atoms with Crippen LogP contribution >= 0.6 is 0 Å². The highest BCUT2D eigenvalue weighted by Gasteiger charge is 2.35. The molecule has 0 aliphatic carbocycles. The topological polar surface area (TPSA) is 145 Å². The lowest BCUT2D eigenvalue weighted by Crippen LogP contribution is -2.49. The lowest BCUT2D eigenvalue weighted by molar-refractivity contribution is -0.0299. The summed E-state index contributed by atoms with van der Waals surface area (Å²) in [7, 11) is 0. The summed E-state index contributed by atoms with van der Waals surface area (Å²) in [6.07, 6.45) is 5.09. The summed E-state index contributed by atoms with van der Waals surface area (Å²) < 4.78 is 14.1. The molecule has 44 heavy (non-hydrogen) atoms. The van der Waals surface area contributed by atoms with E-state index in [4.69, 9.17) is 14.6 Å². The normalized spacial score (nSPS) is 14.5. The Hall–Kier alpha value is -5.07. The van der Waals surface area contributed by atoms with Crippen molar-refractivity contribution < 1.29 is 24.5 Å². The smallest absolute Gasteiger partial charge is 0.264 e. The molecular weight excluding hydrogens is 564 g/mol. The minimum Gasteiger partial charge on any atom is -0.490 e. The van der Waals surface area contributed by atoms with E-state index in [0.717, 1.165) is 11.3 Å². The molecule has 3 aromatic heterocycles. The fourth-order valence-corrected chi connectivity index (χ4v) is 5.18. The van der Waals surface area contributed by atoms with Crippen LogP contribution in [0.15, 0.2) is 84.2 Å². The molecule has 4 heterocycles. The molecule has 1 aliphatic heterocycles. The fourth-order valence-electron chi connectivity index (χ4n) is 5.18. The zero-order valence-corrected chi connectivity index (χ0v) is 24.2. The monoisotopic (exact) mass is 596 g/mol. The standard InChI is InChI=1S/C32H32N6O6/c1-22-2-6-24(7-3-22)38-29-27(19-35-38)31(41)37(21-34-29)20-32(42)12-14-36(15-13-32)30(40)23-4-8-25(9-5-23)44-28-11-10-26(18-33-28)43-17-16-39/h2-11,18-19,21,39,42H,12-17,20H2,1H3. The first-order valence-electron chi connectivity index (χ1n) is 14.3. The predicted molar refractivity (Wildman–Crippen MR) is 161 cm³/mol. The number of pyridine rings is 1. The van der Waals surface area contributed by atoms with Crippen LogP contribution in [0.3, 0.4) is 0 Å². The highest BCUT2D eigenvalue weighted by atomic mass is 16.5. The molecule has 6 rings (SSSR count). The summed E-state index contributed by atoms with van der Waals surface area (Å²) in [5.41, 5.74) is 1.45. The summed E-state index contributed by atoms with van der Waals surface area (Å²) in [6, 6.07) is 17.9. The number of likely N-dealkylation sites (tertiary alicyclic amines) is 1. The molecule has 2 aromatic carbocycles. The van der Waals surface area contributed by atoms with Gasteiger partial charge in [-0.2, -0.15) is 5.10 Å². The molecule has 1 amide bonds. The number of aliphatic hydroxyl groups is 2. The summed E-state index contributed by atoms with van der Waals surface area (Å²) in [5.74, 6) is 1.26. The summed E-state index contributed by atoms with van der Waals surface area (Å²) >= 11 is 0. The molecule has 1 aliphatic rings. The molecule has 226 valence electrons. The van der Waals surface area contributed by atoms with Gasteiger partial charge in [0.2, 0.25) is 5.88 Å². The second-order valence-corrected chi connectivity index (χ2v) is 10.9. The highest BCUT2D eigenvalue weighted by molar-refractivity contribution is 5.94. The Bertz CT molecular complexity index is 1810. The molecule has 12 heteroatoms. The van der Waals surface area contributed by atoms with E-state index in [2.05, 4.69) is 15.1 Å². The summed E-state index contributed by atoms with van der Waals surface area (Å²) in [5, 5.41) is 24.9. The van der Waals surface area contributed by atoms with E-state index in [1.54, 1.807) is 46.0 Å². The van der Waals surface area contributed by atoms with E-state index in [9.17, 15) is 14.7 Å². The Morgan fingerprint density at radius 3 is 2.36 bits per heavy atom. The van der Waals surface area contributed by atoms with Crippen molar-refractivity contribution in [3.05, 3.63) is 101 Å². The predicted octanol–water partition coefficient (Wildman–Crippen LogP) is 3.12. The average molecular weight is 597 g/mol. The van der Waals surface area contributed by atoms with Crippen LogP contribution in [0.25, 0.3) is 16.7 Å². The quantitative estimate of drug-likeness (QED) is 0.262. The molecule has 0 radical (unpaired) electrons. The molecule has 1 saturated heterocycles. The molecule has 2 N–H and O–H groups in total. The van der Waals surface area contributed by atoms with Crippen LogP contribution in [0.2, 0.25) is 0 Å². The Kier molecular flexibility index (Phi) is 8.09. The number of aromatic nitrogens is 5. The zero-order chi connectivity index (χ0) is 30.7. The SMILES string of the molecule is Cc1ccc(-n2ncc3c(=O)n(CC4(O)CCN(C(=O)c5ccc(Oc6ccc(OCCO)cn6)cc5)CC4)cnc32)cc1. The van der Waals surface area contributed by atoms with Crippen LogP contribution in [0.5, 0.6) is 17.4 Å². The second-order valence-electron chi connectivity index (χ2n) is 10.9. The lowest BCUT2D eigenvalue weighted by Gasteiger charge is -2.38. The van der Waals surface area contributed by atoms with Crippen LogP contribution in [0.1, 0.15) is 28.8 Å². The number of aryl methyl sites for hydroxylation is 1. The number of amides is 1. The number of benzene rings is 2.